The number of rotatable bonds is 3. The third kappa shape index (κ3) is 2.40. The molecule has 0 saturated carbocycles. The summed E-state index contributed by atoms with van der Waals surface area (Å²) in [5.41, 5.74) is 5.44. The van der Waals surface area contributed by atoms with Crippen LogP contribution in [0.4, 0.5) is 0 Å². The number of ketones is 1. The maximum absolute atomic E-state index is 11.2. The van der Waals surface area contributed by atoms with Gasteiger partial charge in [0, 0.05) is 15.8 Å². The Bertz CT molecular complexity index is 282. The molecule has 0 aliphatic rings. The molecule has 1 rings (SSSR count). The molecule has 1 aromatic rings. The smallest absolute Gasteiger partial charge is 0.154 e. The van der Waals surface area contributed by atoms with Crippen LogP contribution in [-0.4, -0.2) is 11.8 Å². The van der Waals surface area contributed by atoms with E-state index in [2.05, 4.69) is 15.9 Å². The molecule has 0 radical (unpaired) electrons. The molecule has 0 aliphatic carbocycles. The zero-order valence-corrected chi connectivity index (χ0v) is 9.11. The second-order valence-electron chi connectivity index (χ2n) is 2.62. The molecular weight excluding hydrogens is 238 g/mol. The number of carbonyl (C=O) groups is 1. The predicted octanol–water partition coefficient (Wildman–Crippen LogP) is 1.97. The quantitative estimate of drug-likeness (QED) is 0.888. The van der Waals surface area contributed by atoms with Gasteiger partial charge in [0.1, 0.15) is 0 Å². The van der Waals surface area contributed by atoms with Gasteiger partial charge in [-0.25, -0.2) is 0 Å². The molecular formula is C8H10BrNOS. The van der Waals surface area contributed by atoms with E-state index in [0.717, 1.165) is 9.35 Å². The van der Waals surface area contributed by atoms with E-state index in [1.165, 1.54) is 0 Å². The Morgan fingerprint density at radius 2 is 2.50 bits per heavy atom. The van der Waals surface area contributed by atoms with Crippen LogP contribution in [0.15, 0.2) is 15.9 Å². The van der Waals surface area contributed by atoms with Gasteiger partial charge in [-0.15, -0.1) is 11.3 Å². The lowest BCUT2D eigenvalue weighted by Gasteiger charge is -2.01. The first-order chi connectivity index (χ1) is 5.61. The Hall–Kier alpha value is -0.190. The van der Waals surface area contributed by atoms with Gasteiger partial charge in [-0.3, -0.25) is 4.79 Å². The standard InChI is InChI=1S/C8H10BrNOS/c1-5(10)7(11)4-8-6(9)2-3-12-8/h2-3,5H,4,10H2,1H3. The molecule has 0 aromatic carbocycles. The zero-order valence-electron chi connectivity index (χ0n) is 6.71. The second kappa shape index (κ2) is 4.16. The highest BCUT2D eigenvalue weighted by Crippen LogP contribution is 2.23. The van der Waals surface area contributed by atoms with Crippen LogP contribution in [-0.2, 0) is 11.2 Å². The van der Waals surface area contributed by atoms with Gasteiger partial charge in [0.25, 0.3) is 0 Å². The van der Waals surface area contributed by atoms with Crippen LogP contribution in [0.2, 0.25) is 0 Å². The lowest BCUT2D eigenvalue weighted by atomic mass is 10.1. The van der Waals surface area contributed by atoms with E-state index in [9.17, 15) is 4.79 Å². The molecule has 12 heavy (non-hydrogen) atoms. The Labute approximate surface area is 83.9 Å². The van der Waals surface area contributed by atoms with E-state index < -0.39 is 0 Å². The van der Waals surface area contributed by atoms with Gasteiger partial charge in [-0.05, 0) is 34.3 Å². The fourth-order valence-electron chi connectivity index (χ4n) is 0.770. The molecule has 1 atom stereocenters. The Morgan fingerprint density at radius 1 is 1.83 bits per heavy atom. The van der Waals surface area contributed by atoms with Crippen LogP contribution < -0.4 is 5.73 Å². The first-order valence-corrected chi connectivity index (χ1v) is 5.28. The highest BCUT2D eigenvalue weighted by Gasteiger charge is 2.11. The molecule has 1 heterocycles. The zero-order chi connectivity index (χ0) is 9.14. The van der Waals surface area contributed by atoms with Gasteiger partial charge in [0.05, 0.1) is 6.04 Å². The molecule has 4 heteroatoms. The summed E-state index contributed by atoms with van der Waals surface area (Å²) in [6.07, 6.45) is 0.440. The van der Waals surface area contributed by atoms with Crippen molar-refractivity contribution in [2.45, 2.75) is 19.4 Å². The van der Waals surface area contributed by atoms with Crippen LogP contribution in [0.1, 0.15) is 11.8 Å². The minimum Gasteiger partial charge on any atom is -0.322 e. The molecule has 1 unspecified atom stereocenters. The minimum atomic E-state index is -0.362. The molecule has 0 amide bonds. The SMILES string of the molecule is CC(N)C(=O)Cc1sccc1Br. The Balaban J connectivity index is 2.64. The van der Waals surface area contributed by atoms with Crippen molar-refractivity contribution >= 4 is 33.0 Å². The molecule has 0 spiro atoms. The molecule has 66 valence electrons. The number of thiophene rings is 1. The number of hydrogen-bond acceptors (Lipinski definition) is 3. The number of halogens is 1. The van der Waals surface area contributed by atoms with Gasteiger partial charge in [-0.2, -0.15) is 0 Å². The molecule has 0 aliphatic heterocycles. The van der Waals surface area contributed by atoms with Crippen LogP contribution in [0.3, 0.4) is 0 Å². The maximum atomic E-state index is 11.2. The van der Waals surface area contributed by atoms with Crippen molar-refractivity contribution in [2.24, 2.45) is 5.73 Å². The average Bonchev–Trinajstić information content (AvgIpc) is 2.36. The first kappa shape index (κ1) is 9.89. The van der Waals surface area contributed by atoms with Gasteiger partial charge >= 0.3 is 0 Å². The molecule has 0 saturated heterocycles. The summed E-state index contributed by atoms with van der Waals surface area (Å²) in [6, 6.07) is 1.58. The predicted molar refractivity (Wildman–Crippen MR) is 54.4 cm³/mol. The maximum Gasteiger partial charge on any atom is 0.154 e. The van der Waals surface area contributed by atoms with Crippen LogP contribution in [0.25, 0.3) is 0 Å². The summed E-state index contributed by atoms with van der Waals surface area (Å²) >= 11 is 4.93. The van der Waals surface area contributed by atoms with E-state index in [0.29, 0.717) is 6.42 Å². The van der Waals surface area contributed by atoms with Gasteiger partial charge in [0.15, 0.2) is 5.78 Å². The van der Waals surface area contributed by atoms with Crippen molar-refractivity contribution in [2.75, 3.05) is 0 Å². The number of Topliss-reactive ketones (excluding diaryl/α,β-unsaturated/α-hetero) is 1. The topological polar surface area (TPSA) is 43.1 Å². The van der Waals surface area contributed by atoms with Crippen LogP contribution in [0.5, 0.6) is 0 Å². The van der Waals surface area contributed by atoms with Gasteiger partial charge in [0.2, 0.25) is 0 Å². The second-order valence-corrected chi connectivity index (χ2v) is 4.48. The summed E-state index contributed by atoms with van der Waals surface area (Å²) in [4.78, 5) is 12.3. The summed E-state index contributed by atoms with van der Waals surface area (Å²) in [6.45, 7) is 1.71. The Kier molecular flexibility index (Phi) is 3.43. The van der Waals surface area contributed by atoms with Gasteiger partial charge < -0.3 is 5.73 Å². The number of carbonyl (C=O) groups excluding carboxylic acids is 1. The van der Waals surface area contributed by atoms with Crippen molar-refractivity contribution in [3.63, 3.8) is 0 Å². The van der Waals surface area contributed by atoms with Crippen molar-refractivity contribution in [1.29, 1.82) is 0 Å². The van der Waals surface area contributed by atoms with Crippen LogP contribution in [0, 0.1) is 0 Å². The van der Waals surface area contributed by atoms with E-state index >= 15 is 0 Å². The van der Waals surface area contributed by atoms with E-state index in [4.69, 9.17) is 5.73 Å². The third-order valence-electron chi connectivity index (χ3n) is 1.53. The van der Waals surface area contributed by atoms with Crippen molar-refractivity contribution in [3.8, 4) is 0 Å². The van der Waals surface area contributed by atoms with Crippen LogP contribution >= 0.6 is 27.3 Å². The highest BCUT2D eigenvalue weighted by atomic mass is 79.9. The lowest BCUT2D eigenvalue weighted by Crippen LogP contribution is -2.27. The minimum absolute atomic E-state index is 0.0816. The summed E-state index contributed by atoms with van der Waals surface area (Å²) in [5, 5.41) is 1.95. The summed E-state index contributed by atoms with van der Waals surface area (Å²) in [5.74, 6) is 0.0816. The van der Waals surface area contributed by atoms with Crippen molar-refractivity contribution in [1.82, 2.24) is 0 Å². The fourth-order valence-corrected chi connectivity index (χ4v) is 2.27. The molecule has 0 fully saturated rings. The van der Waals surface area contributed by atoms with Crippen molar-refractivity contribution < 1.29 is 4.79 Å². The molecule has 2 N–H and O–H groups in total. The van der Waals surface area contributed by atoms with Gasteiger partial charge in [-0.1, -0.05) is 0 Å². The lowest BCUT2D eigenvalue weighted by molar-refractivity contribution is -0.119. The van der Waals surface area contributed by atoms with E-state index in [-0.39, 0.29) is 11.8 Å². The van der Waals surface area contributed by atoms with E-state index in [1.807, 2.05) is 11.4 Å². The Morgan fingerprint density at radius 3 is 2.92 bits per heavy atom. The highest BCUT2D eigenvalue weighted by molar-refractivity contribution is 9.10. The third-order valence-corrected chi connectivity index (χ3v) is 3.46. The number of nitrogens with two attached hydrogens (primary N) is 1. The summed E-state index contributed by atoms with van der Waals surface area (Å²) < 4.78 is 1.00. The molecule has 1 aromatic heterocycles. The van der Waals surface area contributed by atoms with E-state index in [1.54, 1.807) is 18.3 Å². The first-order valence-electron chi connectivity index (χ1n) is 3.61. The summed E-state index contributed by atoms with van der Waals surface area (Å²) in [7, 11) is 0. The average molecular weight is 248 g/mol. The normalized spacial score (nSPS) is 12.9. The fraction of sp³-hybridized carbons (Fsp3) is 0.375. The molecule has 0 bridgehead atoms. The van der Waals surface area contributed by atoms with Crippen molar-refractivity contribution in [3.05, 3.63) is 20.8 Å². The molecule has 2 nitrogen and oxygen atoms in total. The largest absolute Gasteiger partial charge is 0.322 e. The monoisotopic (exact) mass is 247 g/mol. The number of hydrogen-bond donors (Lipinski definition) is 1.